The van der Waals surface area contributed by atoms with Gasteiger partial charge in [0, 0.05) is 31.0 Å². The molecule has 0 spiro atoms. The van der Waals surface area contributed by atoms with Crippen molar-refractivity contribution in [2.24, 2.45) is 5.92 Å². The summed E-state index contributed by atoms with van der Waals surface area (Å²) in [7, 11) is 0. The summed E-state index contributed by atoms with van der Waals surface area (Å²) in [5, 5.41) is 9.23. The number of alkyl halides is 6. The number of halogens is 8. The van der Waals surface area contributed by atoms with Gasteiger partial charge in [0.25, 0.3) is 0 Å². The first-order valence-corrected chi connectivity index (χ1v) is 11.9. The average molecular weight is 537 g/mol. The van der Waals surface area contributed by atoms with Crippen LogP contribution in [0.2, 0.25) is 0 Å². The van der Waals surface area contributed by atoms with E-state index in [1.54, 1.807) is 4.90 Å². The first-order chi connectivity index (χ1) is 17.2. The number of carboxylic acid groups (broad SMARTS) is 1. The third-order valence-electron chi connectivity index (χ3n) is 6.83. The van der Waals surface area contributed by atoms with Crippen molar-refractivity contribution in [1.29, 1.82) is 0 Å². The second-order valence-corrected chi connectivity index (χ2v) is 9.44. The maximum absolute atomic E-state index is 14.2. The van der Waals surface area contributed by atoms with Gasteiger partial charge < -0.3 is 5.11 Å². The summed E-state index contributed by atoms with van der Waals surface area (Å²) < 4.78 is 106. The van der Waals surface area contributed by atoms with Crippen molar-refractivity contribution >= 4 is 5.97 Å². The van der Waals surface area contributed by atoms with E-state index in [2.05, 4.69) is 0 Å². The van der Waals surface area contributed by atoms with Crippen LogP contribution in [-0.2, 0) is 17.4 Å². The predicted octanol–water partition coefficient (Wildman–Crippen LogP) is 7.56. The van der Waals surface area contributed by atoms with Gasteiger partial charge in [-0.2, -0.15) is 26.3 Å². The molecule has 2 aromatic carbocycles. The second-order valence-electron chi connectivity index (χ2n) is 9.44. The van der Waals surface area contributed by atoms with Gasteiger partial charge in [0.1, 0.15) is 11.6 Å². The van der Waals surface area contributed by atoms with E-state index in [4.69, 9.17) is 0 Å². The van der Waals surface area contributed by atoms with Crippen LogP contribution in [0, 0.1) is 17.6 Å². The topological polar surface area (TPSA) is 40.5 Å². The van der Waals surface area contributed by atoms with Crippen molar-refractivity contribution in [2.45, 2.75) is 69.4 Å². The third-order valence-corrected chi connectivity index (χ3v) is 6.83. The van der Waals surface area contributed by atoms with E-state index in [1.165, 1.54) is 18.2 Å². The Morgan fingerprint density at radius 3 is 2.24 bits per heavy atom. The van der Waals surface area contributed by atoms with Gasteiger partial charge in [-0.05, 0) is 73.9 Å². The van der Waals surface area contributed by atoms with Crippen LogP contribution in [-0.4, -0.2) is 34.7 Å². The van der Waals surface area contributed by atoms with E-state index in [0.29, 0.717) is 18.1 Å². The van der Waals surface area contributed by atoms with Crippen LogP contribution < -0.4 is 0 Å². The van der Waals surface area contributed by atoms with Gasteiger partial charge in [-0.15, -0.1) is 0 Å². The summed E-state index contributed by atoms with van der Waals surface area (Å²) >= 11 is 0. The number of hydrogen-bond donors (Lipinski definition) is 1. The molecule has 0 amide bonds. The van der Waals surface area contributed by atoms with Gasteiger partial charge in [0.05, 0.1) is 5.56 Å². The molecule has 3 nitrogen and oxygen atoms in total. The highest BCUT2D eigenvalue weighted by molar-refractivity contribution is 5.67. The number of carboxylic acids is 1. The van der Waals surface area contributed by atoms with E-state index in [0.717, 1.165) is 18.2 Å². The lowest BCUT2D eigenvalue weighted by atomic mass is 9.83. The van der Waals surface area contributed by atoms with Crippen molar-refractivity contribution in [2.75, 3.05) is 6.54 Å². The lowest BCUT2D eigenvalue weighted by Gasteiger charge is -2.44. The summed E-state index contributed by atoms with van der Waals surface area (Å²) in [6.45, 7) is 0.234. The quantitative estimate of drug-likeness (QED) is 0.336. The maximum atomic E-state index is 14.2. The van der Waals surface area contributed by atoms with Crippen LogP contribution in [0.1, 0.15) is 61.3 Å². The Bertz CT molecular complexity index is 1050. The first-order valence-electron chi connectivity index (χ1n) is 11.9. The summed E-state index contributed by atoms with van der Waals surface area (Å²) in [5.74, 6) is -2.93. The van der Waals surface area contributed by atoms with Crippen LogP contribution >= 0.6 is 0 Å². The van der Waals surface area contributed by atoms with Crippen LogP contribution in [0.5, 0.6) is 0 Å². The molecular formula is C26H27F8NO2. The lowest BCUT2D eigenvalue weighted by Crippen LogP contribution is -2.44. The van der Waals surface area contributed by atoms with E-state index in [1.807, 2.05) is 0 Å². The van der Waals surface area contributed by atoms with Gasteiger partial charge in [0.2, 0.25) is 0 Å². The number of piperidine rings is 1. The molecule has 2 aromatic rings. The fourth-order valence-electron chi connectivity index (χ4n) is 5.00. The Balaban J connectivity index is 1.90. The first kappa shape index (κ1) is 28.9. The monoisotopic (exact) mass is 537 g/mol. The normalized spacial score (nSPS) is 20.1. The van der Waals surface area contributed by atoms with Gasteiger partial charge in [-0.25, -0.2) is 8.78 Å². The highest BCUT2D eigenvalue weighted by atomic mass is 19.4. The van der Waals surface area contributed by atoms with E-state index in [9.17, 15) is 45.0 Å². The fraction of sp³-hybridized carbons (Fsp3) is 0.500. The molecule has 0 unspecified atom stereocenters. The molecule has 1 heterocycles. The van der Waals surface area contributed by atoms with E-state index >= 15 is 0 Å². The highest BCUT2D eigenvalue weighted by Crippen LogP contribution is 2.40. The van der Waals surface area contributed by atoms with Crippen LogP contribution in [0.15, 0.2) is 42.5 Å². The Kier molecular flexibility index (Phi) is 9.20. The molecule has 3 rings (SSSR count). The summed E-state index contributed by atoms with van der Waals surface area (Å²) in [6, 6.07) is 5.99. The molecule has 0 aromatic heterocycles. The standard InChI is InChI=1S/C26H27F8NO2/c27-20-7-3-17(22(28)15-20)4-8-21(9-11-25(29,30)31)35-12-10-16(14-24(36)37)13-23(35)18-1-5-19(6-2-18)26(32,33)34/h1-3,5-7,15-16,21,23H,4,8-14H2,(H,36,37)/t16-,21-,23+/m1/s1. The predicted molar refractivity (Wildman–Crippen MR) is 120 cm³/mol. The summed E-state index contributed by atoms with van der Waals surface area (Å²) in [4.78, 5) is 13.1. The molecule has 1 N–H and O–H groups in total. The Labute approximate surface area is 209 Å². The Morgan fingerprint density at radius 1 is 1.00 bits per heavy atom. The van der Waals surface area contributed by atoms with Crippen LogP contribution in [0.25, 0.3) is 0 Å². The summed E-state index contributed by atoms with van der Waals surface area (Å²) in [5.41, 5.74) is -0.292. The molecule has 11 heteroatoms. The molecule has 0 saturated carbocycles. The van der Waals surface area contributed by atoms with Gasteiger partial charge >= 0.3 is 18.3 Å². The third kappa shape index (κ3) is 8.41. The highest BCUT2D eigenvalue weighted by Gasteiger charge is 2.37. The molecule has 1 fully saturated rings. The number of aryl methyl sites for hydroxylation is 1. The molecule has 1 aliphatic heterocycles. The van der Waals surface area contributed by atoms with Gasteiger partial charge in [-0.1, -0.05) is 18.2 Å². The molecule has 0 bridgehead atoms. The SMILES string of the molecule is O=C(O)C[C@@H]1CCN([C@H](CCc2ccc(F)cc2F)CCC(F)(F)F)[C@H](c2ccc(C(F)(F)F)cc2)C1. The largest absolute Gasteiger partial charge is 0.481 e. The maximum Gasteiger partial charge on any atom is 0.416 e. The number of likely N-dealkylation sites (tertiary alicyclic amines) is 1. The number of aliphatic carboxylic acids is 1. The van der Waals surface area contributed by atoms with Crippen molar-refractivity contribution in [3.05, 3.63) is 70.8 Å². The van der Waals surface area contributed by atoms with Gasteiger partial charge in [0.15, 0.2) is 0 Å². The number of rotatable bonds is 9. The minimum Gasteiger partial charge on any atom is -0.481 e. The molecule has 204 valence electrons. The van der Waals surface area contributed by atoms with Gasteiger partial charge in [-0.3, -0.25) is 9.69 Å². The second kappa shape index (κ2) is 11.8. The zero-order valence-corrected chi connectivity index (χ0v) is 19.8. The summed E-state index contributed by atoms with van der Waals surface area (Å²) in [6.07, 6.45) is -9.87. The smallest absolute Gasteiger partial charge is 0.416 e. The van der Waals surface area contributed by atoms with E-state index in [-0.39, 0.29) is 50.1 Å². The molecule has 3 atom stereocenters. The Morgan fingerprint density at radius 2 is 1.68 bits per heavy atom. The zero-order valence-electron chi connectivity index (χ0n) is 19.8. The van der Waals surface area contributed by atoms with Crippen LogP contribution in [0.3, 0.4) is 0 Å². The molecule has 37 heavy (non-hydrogen) atoms. The number of carbonyl (C=O) groups is 1. The number of nitrogens with zero attached hydrogens (tertiary/aromatic N) is 1. The molecule has 1 saturated heterocycles. The van der Waals surface area contributed by atoms with Crippen molar-refractivity contribution < 1.29 is 45.0 Å². The number of hydrogen-bond acceptors (Lipinski definition) is 2. The van der Waals surface area contributed by atoms with Crippen LogP contribution in [0.4, 0.5) is 35.1 Å². The number of benzene rings is 2. The molecular weight excluding hydrogens is 510 g/mol. The van der Waals surface area contributed by atoms with Crippen molar-refractivity contribution in [3.63, 3.8) is 0 Å². The molecule has 0 aliphatic carbocycles. The molecule has 0 radical (unpaired) electrons. The van der Waals surface area contributed by atoms with Crippen molar-refractivity contribution in [1.82, 2.24) is 4.90 Å². The lowest BCUT2D eigenvalue weighted by molar-refractivity contribution is -0.141. The minimum atomic E-state index is -4.56. The molecule has 1 aliphatic rings. The van der Waals surface area contributed by atoms with Crippen molar-refractivity contribution in [3.8, 4) is 0 Å². The minimum absolute atomic E-state index is 0.0312. The van der Waals surface area contributed by atoms with E-state index < -0.39 is 54.0 Å². The zero-order chi connectivity index (χ0) is 27.4. The fourth-order valence-corrected chi connectivity index (χ4v) is 5.00. The average Bonchev–Trinajstić information content (AvgIpc) is 2.79. The Hall–Kier alpha value is -2.69.